The fraction of sp³-hybridized carbons (Fsp3) is 0.600. The lowest BCUT2D eigenvalue weighted by Gasteiger charge is -2.16. The molecule has 1 unspecified atom stereocenters. The molecule has 0 aliphatic carbocycles. The van der Waals surface area contributed by atoms with E-state index in [1.54, 1.807) is 7.11 Å². The van der Waals surface area contributed by atoms with E-state index in [0.29, 0.717) is 0 Å². The highest BCUT2D eigenvalue weighted by atomic mass is 16.5. The molecule has 0 aliphatic heterocycles. The van der Waals surface area contributed by atoms with Gasteiger partial charge in [-0.1, -0.05) is 51.2 Å². The summed E-state index contributed by atoms with van der Waals surface area (Å²) in [7, 11) is 1.68. The molecule has 1 aromatic carbocycles. The number of ether oxygens (including phenoxy) is 1. The smallest absolute Gasteiger partial charge is 0.118 e. The fourth-order valence-electron chi connectivity index (χ4n) is 2.13. The zero-order valence-corrected chi connectivity index (χ0v) is 11.6. The first-order valence-corrected chi connectivity index (χ1v) is 6.92. The van der Waals surface area contributed by atoms with E-state index in [-0.39, 0.29) is 6.04 Å². The average molecular weight is 250 g/mol. The van der Waals surface area contributed by atoms with E-state index in [9.17, 15) is 0 Å². The summed E-state index contributed by atoms with van der Waals surface area (Å²) in [5.74, 6) is 6.52. The third-order valence-corrected chi connectivity index (χ3v) is 3.32. The van der Waals surface area contributed by atoms with Crippen LogP contribution in [0.5, 0.6) is 5.75 Å². The summed E-state index contributed by atoms with van der Waals surface area (Å²) in [5.41, 5.74) is 4.14. The third kappa shape index (κ3) is 5.07. The molecule has 3 nitrogen and oxygen atoms in total. The number of hydrogen-bond donors (Lipinski definition) is 2. The molecular weight excluding hydrogens is 224 g/mol. The Morgan fingerprint density at radius 2 is 1.78 bits per heavy atom. The summed E-state index contributed by atoms with van der Waals surface area (Å²) >= 11 is 0. The van der Waals surface area contributed by atoms with Gasteiger partial charge in [0.15, 0.2) is 0 Å². The number of benzene rings is 1. The van der Waals surface area contributed by atoms with E-state index in [1.165, 1.54) is 37.7 Å². The minimum atomic E-state index is 0.248. The van der Waals surface area contributed by atoms with Crippen LogP contribution in [-0.4, -0.2) is 7.11 Å². The summed E-state index contributed by atoms with van der Waals surface area (Å²) in [4.78, 5) is 0. The number of hydrazine groups is 1. The van der Waals surface area contributed by atoms with Gasteiger partial charge in [-0.25, -0.2) is 0 Å². The van der Waals surface area contributed by atoms with Gasteiger partial charge in [0.2, 0.25) is 0 Å². The predicted octanol–water partition coefficient (Wildman–Crippen LogP) is 3.56. The molecule has 18 heavy (non-hydrogen) atoms. The van der Waals surface area contributed by atoms with Crippen LogP contribution < -0.4 is 16.0 Å². The lowest BCUT2D eigenvalue weighted by atomic mass is 10.0. The van der Waals surface area contributed by atoms with E-state index in [2.05, 4.69) is 24.5 Å². The number of nitrogens with two attached hydrogens (primary N) is 1. The minimum Gasteiger partial charge on any atom is -0.497 e. The molecule has 0 saturated heterocycles. The van der Waals surface area contributed by atoms with Gasteiger partial charge in [0.1, 0.15) is 5.75 Å². The standard InChI is InChI=1S/C15H26N2O/c1-3-4-5-6-7-8-15(17-16)13-9-11-14(18-2)12-10-13/h9-12,15,17H,3-8,16H2,1-2H3. The van der Waals surface area contributed by atoms with Crippen molar-refractivity contribution in [3.63, 3.8) is 0 Å². The van der Waals surface area contributed by atoms with E-state index in [1.807, 2.05) is 12.1 Å². The van der Waals surface area contributed by atoms with Gasteiger partial charge in [-0.15, -0.1) is 0 Å². The first kappa shape index (κ1) is 15.0. The van der Waals surface area contributed by atoms with E-state index < -0.39 is 0 Å². The molecule has 1 rings (SSSR count). The van der Waals surface area contributed by atoms with Crippen LogP contribution in [0, 0.1) is 0 Å². The summed E-state index contributed by atoms with van der Waals surface area (Å²) in [6.07, 6.45) is 7.56. The van der Waals surface area contributed by atoms with E-state index >= 15 is 0 Å². The van der Waals surface area contributed by atoms with Gasteiger partial charge in [-0.2, -0.15) is 0 Å². The van der Waals surface area contributed by atoms with E-state index in [4.69, 9.17) is 10.6 Å². The maximum Gasteiger partial charge on any atom is 0.118 e. The lowest BCUT2D eigenvalue weighted by Crippen LogP contribution is -2.27. The molecule has 102 valence electrons. The first-order valence-electron chi connectivity index (χ1n) is 6.92. The number of hydrogen-bond acceptors (Lipinski definition) is 3. The summed E-state index contributed by atoms with van der Waals surface area (Å²) in [6.45, 7) is 2.24. The van der Waals surface area contributed by atoms with Crippen molar-refractivity contribution in [3.8, 4) is 5.75 Å². The van der Waals surface area contributed by atoms with Crippen LogP contribution in [0.1, 0.15) is 57.1 Å². The maximum absolute atomic E-state index is 5.64. The Labute approximate surface area is 111 Å². The molecule has 0 aliphatic rings. The number of nitrogens with one attached hydrogen (secondary N) is 1. The van der Waals surface area contributed by atoms with Crippen molar-refractivity contribution in [1.82, 2.24) is 5.43 Å². The van der Waals surface area contributed by atoms with Gasteiger partial charge >= 0.3 is 0 Å². The molecule has 0 saturated carbocycles. The van der Waals surface area contributed by atoms with Gasteiger partial charge in [-0.3, -0.25) is 11.3 Å². The van der Waals surface area contributed by atoms with Crippen molar-refractivity contribution in [1.29, 1.82) is 0 Å². The topological polar surface area (TPSA) is 47.3 Å². The highest BCUT2D eigenvalue weighted by Crippen LogP contribution is 2.22. The Hall–Kier alpha value is -1.06. The molecule has 1 aromatic rings. The largest absolute Gasteiger partial charge is 0.497 e. The van der Waals surface area contributed by atoms with Crippen LogP contribution in [0.4, 0.5) is 0 Å². The van der Waals surface area contributed by atoms with Crippen molar-refractivity contribution in [3.05, 3.63) is 29.8 Å². The van der Waals surface area contributed by atoms with Crippen molar-refractivity contribution in [2.75, 3.05) is 7.11 Å². The minimum absolute atomic E-state index is 0.248. The predicted molar refractivity (Wildman–Crippen MR) is 76.4 cm³/mol. The highest BCUT2D eigenvalue weighted by Gasteiger charge is 2.08. The molecule has 0 spiro atoms. The Kier molecular flexibility index (Phi) is 7.46. The van der Waals surface area contributed by atoms with Crippen LogP contribution in [0.25, 0.3) is 0 Å². The van der Waals surface area contributed by atoms with Crippen LogP contribution in [0.2, 0.25) is 0 Å². The molecule has 3 N–H and O–H groups in total. The van der Waals surface area contributed by atoms with Crippen LogP contribution in [-0.2, 0) is 0 Å². The second-order valence-corrected chi connectivity index (χ2v) is 4.70. The number of unbranched alkanes of at least 4 members (excludes halogenated alkanes) is 4. The van der Waals surface area contributed by atoms with Crippen LogP contribution in [0.15, 0.2) is 24.3 Å². The first-order chi connectivity index (χ1) is 8.81. The SMILES string of the molecule is CCCCCCCC(NN)c1ccc(OC)cc1. The quantitative estimate of drug-likeness (QED) is 0.400. The van der Waals surface area contributed by atoms with Crippen LogP contribution >= 0.6 is 0 Å². The number of rotatable bonds is 9. The van der Waals surface area contributed by atoms with Crippen molar-refractivity contribution in [2.45, 2.75) is 51.5 Å². The van der Waals surface area contributed by atoms with Gasteiger partial charge in [-0.05, 0) is 24.1 Å². The molecule has 0 bridgehead atoms. The molecule has 0 radical (unpaired) electrons. The van der Waals surface area contributed by atoms with Gasteiger partial charge in [0.25, 0.3) is 0 Å². The van der Waals surface area contributed by atoms with Crippen LogP contribution in [0.3, 0.4) is 0 Å². The molecule has 0 aromatic heterocycles. The molecule has 0 fully saturated rings. The molecule has 3 heteroatoms. The van der Waals surface area contributed by atoms with Gasteiger partial charge < -0.3 is 4.74 Å². The van der Waals surface area contributed by atoms with E-state index in [0.717, 1.165) is 12.2 Å². The highest BCUT2D eigenvalue weighted by molar-refractivity contribution is 5.28. The number of methoxy groups -OCH3 is 1. The maximum atomic E-state index is 5.64. The second kappa shape index (κ2) is 8.95. The van der Waals surface area contributed by atoms with Crippen molar-refractivity contribution < 1.29 is 4.74 Å². The fourth-order valence-corrected chi connectivity index (χ4v) is 2.13. The summed E-state index contributed by atoms with van der Waals surface area (Å²) in [6, 6.07) is 8.37. The molecule has 1 atom stereocenters. The third-order valence-electron chi connectivity index (χ3n) is 3.32. The van der Waals surface area contributed by atoms with Crippen molar-refractivity contribution >= 4 is 0 Å². The Bertz CT molecular complexity index is 311. The Morgan fingerprint density at radius 3 is 2.33 bits per heavy atom. The lowest BCUT2D eigenvalue weighted by molar-refractivity contribution is 0.414. The monoisotopic (exact) mass is 250 g/mol. The molecule has 0 heterocycles. The summed E-state index contributed by atoms with van der Waals surface area (Å²) in [5, 5.41) is 0. The molecule has 0 amide bonds. The Balaban J connectivity index is 2.39. The second-order valence-electron chi connectivity index (χ2n) is 4.70. The van der Waals surface area contributed by atoms with Gasteiger partial charge in [0.05, 0.1) is 7.11 Å². The zero-order chi connectivity index (χ0) is 13.2. The average Bonchev–Trinajstić information content (AvgIpc) is 2.43. The van der Waals surface area contributed by atoms with Crippen molar-refractivity contribution in [2.24, 2.45) is 5.84 Å². The zero-order valence-electron chi connectivity index (χ0n) is 11.6. The van der Waals surface area contributed by atoms with Gasteiger partial charge in [0, 0.05) is 6.04 Å². The Morgan fingerprint density at radius 1 is 1.11 bits per heavy atom. The summed E-state index contributed by atoms with van der Waals surface area (Å²) < 4.78 is 5.16. The normalized spacial score (nSPS) is 12.4. The molecular formula is C15H26N2O.